The van der Waals surface area contributed by atoms with E-state index in [0.717, 1.165) is 23.0 Å². The molecule has 0 spiro atoms. The van der Waals surface area contributed by atoms with Crippen molar-refractivity contribution in [2.75, 3.05) is 26.4 Å². The van der Waals surface area contributed by atoms with Gasteiger partial charge >= 0.3 is 45.9 Å². The first kappa shape index (κ1) is 69.3. The maximum absolute atomic E-state index is 16.0. The summed E-state index contributed by atoms with van der Waals surface area (Å²) in [4.78, 5) is 0. The van der Waals surface area contributed by atoms with Crippen molar-refractivity contribution in [3.63, 3.8) is 0 Å². The first-order valence-electron chi connectivity index (χ1n) is 24.3. The van der Waals surface area contributed by atoms with Gasteiger partial charge in [0.25, 0.3) is 0 Å². The fraction of sp³-hybridized carbons (Fsp3) is 0.143. The molecule has 0 saturated heterocycles. The molecular formula is C56H26BF28IO4. The van der Waals surface area contributed by atoms with Crippen LogP contribution in [0.2, 0.25) is 0 Å². The molecule has 0 aliphatic carbocycles. The summed E-state index contributed by atoms with van der Waals surface area (Å²) >= 11 is -0.480. The number of rotatable bonds is 16. The van der Waals surface area contributed by atoms with E-state index in [1.165, 1.54) is 7.14 Å². The molecule has 8 aromatic rings. The molecule has 480 valence electrons. The van der Waals surface area contributed by atoms with E-state index in [1.54, 1.807) is 0 Å². The normalized spacial score (nSPS) is 12.2. The van der Waals surface area contributed by atoms with Crippen molar-refractivity contribution in [1.82, 2.24) is 0 Å². The minimum absolute atomic E-state index is 0.480. The van der Waals surface area contributed by atoms with E-state index in [1.807, 2.05) is 84.9 Å². The molecule has 0 radical (unpaired) electrons. The van der Waals surface area contributed by atoms with E-state index in [0.29, 0.717) is 26.4 Å². The van der Waals surface area contributed by atoms with Gasteiger partial charge in [-0.1, -0.05) is 60.7 Å². The van der Waals surface area contributed by atoms with E-state index in [9.17, 15) is 87.8 Å². The Morgan fingerprint density at radius 1 is 0.256 bits per heavy atom. The number of hydrogen-bond donors (Lipinski definition) is 0. The molecule has 0 amide bonds. The average Bonchev–Trinajstić information content (AvgIpc) is 0.670. The molecule has 0 bridgehead atoms. The highest BCUT2D eigenvalue weighted by atomic mass is 127. The van der Waals surface area contributed by atoms with Crippen LogP contribution in [0.3, 0.4) is 0 Å². The monoisotopic (exact) mass is 1430 g/mol. The summed E-state index contributed by atoms with van der Waals surface area (Å²) in [5, 5.41) is 0. The molecule has 0 aliphatic rings. The van der Waals surface area contributed by atoms with Crippen LogP contribution in [0, 0.1) is 100 Å². The Balaban J connectivity index is 0.000000294. The predicted molar refractivity (Wildman–Crippen MR) is 255 cm³/mol. The lowest BCUT2D eigenvalue weighted by atomic mass is 9.11. The van der Waals surface area contributed by atoms with Crippen molar-refractivity contribution in [3.05, 3.63) is 232 Å². The van der Waals surface area contributed by atoms with Crippen LogP contribution < -0.4 is 62.0 Å². The van der Waals surface area contributed by atoms with Crippen LogP contribution in [0.4, 0.5) is 123 Å². The van der Waals surface area contributed by atoms with Gasteiger partial charge in [0.2, 0.25) is 7.14 Å². The maximum Gasteiger partial charge on any atom is 0.416 e. The Morgan fingerprint density at radius 3 is 0.711 bits per heavy atom. The zero-order chi connectivity index (χ0) is 66.9. The average molecular weight is 1430 g/mol. The van der Waals surface area contributed by atoms with E-state index in [-0.39, 0.29) is 0 Å². The lowest BCUT2D eigenvalue weighted by molar-refractivity contribution is -0.599. The summed E-state index contributed by atoms with van der Waals surface area (Å²) in [6, 6.07) is 36.0. The molecule has 0 N–H and O–H groups in total. The number of hydrogen-bond acceptors (Lipinski definition) is 4. The number of alkyl halides is 12. The number of ether oxygens (including phenoxy) is 4. The van der Waals surface area contributed by atoms with Crippen LogP contribution in [-0.2, 0) is 24.7 Å². The van der Waals surface area contributed by atoms with E-state index in [4.69, 9.17) is 18.9 Å². The first-order valence-corrected chi connectivity index (χ1v) is 26.4. The third-order valence-corrected chi connectivity index (χ3v) is 15.6. The van der Waals surface area contributed by atoms with Crippen molar-refractivity contribution in [3.8, 4) is 23.0 Å². The van der Waals surface area contributed by atoms with Crippen molar-refractivity contribution in [2.45, 2.75) is 24.7 Å². The summed E-state index contributed by atoms with van der Waals surface area (Å²) < 4.78 is 443. The molecule has 0 atom stereocenters. The number of halogens is 29. The summed E-state index contributed by atoms with van der Waals surface area (Å²) in [5.74, 6) is -66.3. The zero-order valence-electron chi connectivity index (χ0n) is 43.4. The lowest BCUT2D eigenvalue weighted by Crippen LogP contribution is -3.61. The van der Waals surface area contributed by atoms with Gasteiger partial charge in [0, 0.05) is 0 Å². The highest BCUT2D eigenvalue weighted by molar-refractivity contribution is 7.20. The Morgan fingerprint density at radius 2 is 0.467 bits per heavy atom. The molecule has 0 aromatic heterocycles. The van der Waals surface area contributed by atoms with Gasteiger partial charge in [0.05, 0.1) is 22.3 Å². The Bertz CT molecular complexity index is 3550. The summed E-state index contributed by atoms with van der Waals surface area (Å²) in [5.41, 5.74) is -38.1. The van der Waals surface area contributed by atoms with Gasteiger partial charge in [-0.2, -0.15) is 52.7 Å². The summed E-state index contributed by atoms with van der Waals surface area (Å²) in [6.07, 6.45) is -39.5. The van der Waals surface area contributed by atoms with E-state index < -0.39 is 189 Å². The van der Waals surface area contributed by atoms with Gasteiger partial charge in [0.15, 0.2) is 81.3 Å². The second kappa shape index (κ2) is 26.7. The van der Waals surface area contributed by atoms with Crippen molar-refractivity contribution < 1.29 is 163 Å². The number of benzene rings is 8. The highest BCUT2D eigenvalue weighted by Gasteiger charge is 2.60. The third-order valence-electron chi connectivity index (χ3n) is 12.7. The molecule has 34 heteroatoms. The van der Waals surface area contributed by atoms with Crippen LogP contribution in [0.5, 0.6) is 23.0 Å². The van der Waals surface area contributed by atoms with Gasteiger partial charge < -0.3 is 18.9 Å². The molecule has 0 unspecified atom stereocenters. The SMILES string of the molecule is Fc1c(F)c(F)c(C(F)(F)F)c([B-](c2c(F)c(F)c(F)c(F)c2C(F)(F)F)(c2c(F)c(F)c(F)c(F)c2C(F)(F)F)c2c(F)c(F)c(F)c(F)c2C(F)(F)F)c1F.c1ccc(OCCOc2ccccc2[I+]c2ccccc2OCCOc2ccccc2)cc1. The minimum atomic E-state index is -8.89. The number of para-hydroxylation sites is 4. The summed E-state index contributed by atoms with van der Waals surface area (Å²) in [6.45, 7) is 1.98. The van der Waals surface area contributed by atoms with E-state index >= 15 is 35.1 Å². The van der Waals surface area contributed by atoms with Gasteiger partial charge in [-0.25, -0.2) is 70.2 Å². The van der Waals surface area contributed by atoms with Crippen LogP contribution >= 0.6 is 0 Å². The third kappa shape index (κ3) is 13.5. The van der Waals surface area contributed by atoms with Crippen LogP contribution in [0.15, 0.2) is 109 Å². The topological polar surface area (TPSA) is 36.9 Å². The Hall–Kier alpha value is -8.21. The second-order valence-electron chi connectivity index (χ2n) is 18.0. The van der Waals surface area contributed by atoms with Crippen LogP contribution in [0.25, 0.3) is 0 Å². The maximum atomic E-state index is 16.0. The fourth-order valence-corrected chi connectivity index (χ4v) is 11.8. The molecular weight excluding hydrogens is 1410 g/mol. The van der Waals surface area contributed by atoms with E-state index in [2.05, 4.69) is 24.3 Å². The molecule has 0 saturated carbocycles. The van der Waals surface area contributed by atoms with Crippen LogP contribution in [-0.4, -0.2) is 32.6 Å². The molecule has 0 fully saturated rings. The zero-order valence-corrected chi connectivity index (χ0v) is 45.5. The lowest BCUT2D eigenvalue weighted by Gasteiger charge is -2.49. The standard InChI is InChI=1S/C28BF28.C28H26IO4/c30-9-1(25(46,47)48)5(13(34)21(42)17(9)38)29(6-2(26(49,50)51)10(31)18(39)22(43)14(6)35,7-3(27(52,53)54)11(32)19(40)23(44)15(7)36)8-4(28(55,56)57)12(33)20(41)24(45)16(8)37;1-3-11-23(12-4-1)30-19-21-32-27-17-9-7-15-25(27)29-26-16-8-10-18-28(26)33-22-20-31-24-13-5-2-6-14-24/h;1-18H,19-22H2/q-1;+1. The predicted octanol–water partition coefficient (Wildman–Crippen LogP) is 12.1. The molecule has 8 rings (SSSR count). The van der Waals surface area contributed by atoms with Crippen LogP contribution in [0.1, 0.15) is 22.3 Å². The Kier molecular flexibility index (Phi) is 20.6. The largest absolute Gasteiger partial charge is 0.490 e. The molecule has 90 heavy (non-hydrogen) atoms. The van der Waals surface area contributed by atoms with Crippen molar-refractivity contribution >= 4 is 28.0 Å². The van der Waals surface area contributed by atoms with Gasteiger partial charge in [-0.15, -0.1) is 21.9 Å². The fourth-order valence-electron chi connectivity index (χ4n) is 9.24. The second-order valence-corrected chi connectivity index (χ2v) is 20.9. The highest BCUT2D eigenvalue weighted by Crippen LogP contribution is 2.44. The van der Waals surface area contributed by atoms with Crippen molar-refractivity contribution in [1.29, 1.82) is 0 Å². The molecule has 8 aromatic carbocycles. The van der Waals surface area contributed by atoms with Crippen molar-refractivity contribution in [2.24, 2.45) is 0 Å². The Labute approximate surface area is 495 Å². The first-order chi connectivity index (χ1) is 41.9. The summed E-state index contributed by atoms with van der Waals surface area (Å²) in [7, 11) is 0. The van der Waals surface area contributed by atoms with Gasteiger partial charge in [-0.3, -0.25) is 0 Å². The van der Waals surface area contributed by atoms with Gasteiger partial charge in [-0.05, 0) is 48.5 Å². The quantitative estimate of drug-likeness (QED) is 0.0241. The molecule has 0 aliphatic heterocycles. The van der Waals surface area contributed by atoms with Gasteiger partial charge in [0.1, 0.15) is 67.3 Å². The smallest absolute Gasteiger partial charge is 0.416 e. The molecule has 4 nitrogen and oxygen atoms in total. The minimum Gasteiger partial charge on any atom is -0.490 e. The molecule has 0 heterocycles.